The van der Waals surface area contributed by atoms with Crippen LogP contribution in [0, 0.1) is 0 Å². The smallest absolute Gasteiger partial charge is 0.420 e. The van der Waals surface area contributed by atoms with Crippen LogP contribution in [0.2, 0.25) is 5.02 Å². The molecule has 2 aromatic carbocycles. The maximum atomic E-state index is 13.3. The van der Waals surface area contributed by atoms with E-state index in [9.17, 15) is 18.0 Å². The van der Waals surface area contributed by atoms with Crippen LogP contribution in [0.5, 0.6) is 0 Å². The second kappa shape index (κ2) is 10.3. The highest BCUT2D eigenvalue weighted by Crippen LogP contribution is 2.31. The van der Waals surface area contributed by atoms with Crippen molar-refractivity contribution in [2.45, 2.75) is 30.7 Å². The van der Waals surface area contributed by atoms with Gasteiger partial charge in [0.2, 0.25) is 5.91 Å². The number of rotatable bonds is 5. The summed E-state index contributed by atoms with van der Waals surface area (Å²) in [6.07, 6.45) is 0.908. The number of carbonyl (C=O) groups excluding carboxylic acids is 2. The first-order chi connectivity index (χ1) is 16.7. The number of ether oxygens (including phenoxy) is 1. The molecule has 4 rings (SSSR count). The Labute approximate surface area is 212 Å². The lowest BCUT2D eigenvalue weighted by atomic mass is 10.00. The molecule has 1 atom stereocenters. The molecule has 0 saturated carbocycles. The third-order valence-electron chi connectivity index (χ3n) is 6.53. The van der Waals surface area contributed by atoms with E-state index in [1.54, 1.807) is 12.1 Å². The van der Waals surface area contributed by atoms with Gasteiger partial charge in [-0.05, 0) is 67.8 Å². The minimum absolute atomic E-state index is 0. The Morgan fingerprint density at radius 1 is 1.06 bits per heavy atom. The van der Waals surface area contributed by atoms with Crippen LogP contribution in [0.1, 0.15) is 20.3 Å². The van der Waals surface area contributed by atoms with Crippen LogP contribution < -0.4 is 14.5 Å². The number of carbonyl (C=O) groups is 2. The van der Waals surface area contributed by atoms with Crippen LogP contribution in [0.4, 0.5) is 16.2 Å². The highest BCUT2D eigenvalue weighted by Gasteiger charge is 2.31. The first-order valence-corrected chi connectivity index (χ1v) is 13.4. The van der Waals surface area contributed by atoms with Crippen molar-refractivity contribution < 1.29 is 24.2 Å². The molecule has 2 amide bonds. The van der Waals surface area contributed by atoms with Crippen molar-refractivity contribution in [2.24, 2.45) is 0 Å². The molecule has 2 aliphatic rings. The Bertz CT molecular complexity index is 1200. The third-order valence-corrected chi connectivity index (χ3v) is 8.09. The van der Waals surface area contributed by atoms with Gasteiger partial charge in [0.05, 0.1) is 12.0 Å². The summed E-state index contributed by atoms with van der Waals surface area (Å²) in [6.45, 7) is 5.22. The molecule has 1 N–H and O–H groups in total. The Balaban J connectivity index is 0.00000361. The van der Waals surface area contributed by atoms with Gasteiger partial charge in [-0.1, -0.05) is 11.6 Å². The Kier molecular flexibility index (Phi) is 7.42. The molecule has 0 bridgehead atoms. The predicted octanol–water partition coefficient (Wildman–Crippen LogP) is 3.12. The molecular formula is C24H31ClN4O5S. The van der Waals surface area contributed by atoms with Crippen molar-refractivity contribution in [1.82, 2.24) is 9.62 Å². The van der Waals surface area contributed by atoms with Crippen molar-refractivity contribution in [1.29, 1.82) is 0 Å². The Morgan fingerprint density at radius 2 is 1.74 bits per heavy atom. The lowest BCUT2D eigenvalue weighted by molar-refractivity contribution is -0.132. The van der Waals surface area contributed by atoms with E-state index in [0.29, 0.717) is 31.2 Å². The topological polar surface area (TPSA) is 99.3 Å². The molecule has 9 nitrogen and oxygen atoms in total. The molecule has 0 radical (unpaired) electrons. The number of nitrogens with one attached hydrogen (secondary N) is 1. The first-order valence-electron chi connectivity index (χ1n) is 11.5. The molecular weight excluding hydrogens is 492 g/mol. The van der Waals surface area contributed by atoms with E-state index in [-0.39, 0.29) is 18.3 Å². The largest absolute Gasteiger partial charge is 0.452 e. The summed E-state index contributed by atoms with van der Waals surface area (Å²) in [5, 5.41) is 0.714. The molecule has 0 aliphatic carbocycles. The van der Waals surface area contributed by atoms with Crippen LogP contribution in [0.15, 0.2) is 47.4 Å². The molecule has 2 aliphatic heterocycles. The standard InChI is InChI=1S/C24H29ClN4O5S.H2/c1-17(29-11-3-4-18-16-19(25)5-10-22(18)29)23(30)28-14-12-27(13-15-28)20-6-8-21(9-7-20)35(32,33)26-24(31)34-2;/h5-10,16-17H,3-4,11-15H2,1-2H3,(H,26,31);1H/t17-;/m1./s1. The molecule has 1 saturated heterocycles. The highest BCUT2D eigenvalue weighted by atomic mass is 35.5. The van der Waals surface area contributed by atoms with Gasteiger partial charge in [-0.3, -0.25) is 4.79 Å². The Hall–Kier alpha value is -2.98. The lowest BCUT2D eigenvalue weighted by Gasteiger charge is -2.41. The van der Waals surface area contributed by atoms with E-state index < -0.39 is 16.1 Å². The molecule has 1 fully saturated rings. The number of sulfonamides is 1. The van der Waals surface area contributed by atoms with Crippen molar-refractivity contribution in [3.8, 4) is 0 Å². The highest BCUT2D eigenvalue weighted by molar-refractivity contribution is 7.90. The number of anilines is 2. The molecule has 2 heterocycles. The number of aryl methyl sites for hydroxylation is 1. The number of benzene rings is 2. The quantitative estimate of drug-likeness (QED) is 0.644. The van der Waals surface area contributed by atoms with Crippen molar-refractivity contribution in [3.63, 3.8) is 0 Å². The van der Waals surface area contributed by atoms with E-state index >= 15 is 0 Å². The molecule has 0 aromatic heterocycles. The SMILES string of the molecule is COC(=O)NS(=O)(=O)c1ccc(N2CCN(C(=O)[C@@H](C)N3CCCc4cc(Cl)ccc43)CC2)cc1.[HH]. The summed E-state index contributed by atoms with van der Waals surface area (Å²) in [7, 11) is -2.89. The van der Waals surface area contributed by atoms with Crippen molar-refractivity contribution in [2.75, 3.05) is 49.6 Å². The zero-order chi connectivity index (χ0) is 25.2. The summed E-state index contributed by atoms with van der Waals surface area (Å²) < 4.78 is 30.6. The molecule has 2 aromatic rings. The number of amides is 2. The number of piperazine rings is 1. The number of methoxy groups -OCH3 is 1. The fourth-order valence-electron chi connectivity index (χ4n) is 4.63. The van der Waals surface area contributed by atoms with E-state index in [2.05, 4.69) is 14.5 Å². The zero-order valence-corrected chi connectivity index (χ0v) is 21.3. The van der Waals surface area contributed by atoms with Gasteiger partial charge >= 0.3 is 6.09 Å². The summed E-state index contributed by atoms with van der Waals surface area (Å²) in [5.41, 5.74) is 3.11. The number of hydrogen-bond donors (Lipinski definition) is 1. The minimum atomic E-state index is -3.99. The van der Waals surface area contributed by atoms with Crippen LogP contribution in [-0.2, 0) is 26.0 Å². The summed E-state index contributed by atoms with van der Waals surface area (Å²) >= 11 is 6.16. The van der Waals surface area contributed by atoms with Gasteiger partial charge in [-0.25, -0.2) is 17.9 Å². The maximum absolute atomic E-state index is 13.3. The summed E-state index contributed by atoms with van der Waals surface area (Å²) in [6, 6.07) is 11.9. The molecule has 190 valence electrons. The summed E-state index contributed by atoms with van der Waals surface area (Å²) in [5.74, 6) is 0.0998. The van der Waals surface area contributed by atoms with Crippen LogP contribution >= 0.6 is 11.6 Å². The third kappa shape index (κ3) is 5.48. The van der Waals surface area contributed by atoms with Crippen LogP contribution in [0.3, 0.4) is 0 Å². The fourth-order valence-corrected chi connectivity index (χ4v) is 5.74. The number of halogens is 1. The molecule has 0 unspecified atom stereocenters. The van der Waals surface area contributed by atoms with E-state index in [4.69, 9.17) is 11.6 Å². The molecule has 35 heavy (non-hydrogen) atoms. The first kappa shape index (κ1) is 25.1. The normalized spacial score (nSPS) is 16.9. The van der Waals surface area contributed by atoms with Crippen LogP contribution in [0.25, 0.3) is 0 Å². The predicted molar refractivity (Wildman–Crippen MR) is 137 cm³/mol. The average Bonchev–Trinajstić information content (AvgIpc) is 2.87. The van der Waals surface area contributed by atoms with Crippen LogP contribution in [-0.4, -0.2) is 71.2 Å². The second-order valence-electron chi connectivity index (χ2n) is 8.65. The van der Waals surface area contributed by atoms with Gasteiger partial charge in [-0.15, -0.1) is 0 Å². The van der Waals surface area contributed by atoms with Crippen molar-refractivity contribution >= 4 is 45.0 Å². The molecule has 0 spiro atoms. The number of fused-ring (bicyclic) bond motifs is 1. The molecule has 11 heteroatoms. The monoisotopic (exact) mass is 522 g/mol. The minimum Gasteiger partial charge on any atom is -0.452 e. The maximum Gasteiger partial charge on any atom is 0.420 e. The number of nitrogens with zero attached hydrogens (tertiary/aromatic N) is 3. The van der Waals surface area contributed by atoms with Gasteiger partial charge in [0, 0.05) is 50.5 Å². The second-order valence-corrected chi connectivity index (χ2v) is 10.8. The lowest BCUT2D eigenvalue weighted by Crippen LogP contribution is -2.55. The summed E-state index contributed by atoms with van der Waals surface area (Å²) in [4.78, 5) is 30.7. The van der Waals surface area contributed by atoms with E-state index in [1.165, 1.54) is 17.7 Å². The van der Waals surface area contributed by atoms with Gasteiger partial charge in [0.1, 0.15) is 6.04 Å². The Morgan fingerprint density at radius 3 is 2.40 bits per heavy atom. The fraction of sp³-hybridized carbons (Fsp3) is 0.417. The van der Waals surface area contributed by atoms with Gasteiger partial charge in [-0.2, -0.15) is 0 Å². The van der Waals surface area contributed by atoms with E-state index in [0.717, 1.165) is 37.9 Å². The van der Waals surface area contributed by atoms with E-state index in [1.807, 2.05) is 34.7 Å². The average molecular weight is 523 g/mol. The van der Waals surface area contributed by atoms with Gasteiger partial charge < -0.3 is 19.4 Å². The van der Waals surface area contributed by atoms with Crippen molar-refractivity contribution in [3.05, 3.63) is 53.1 Å². The van der Waals surface area contributed by atoms with Gasteiger partial charge in [0.15, 0.2) is 0 Å². The number of hydrogen-bond acceptors (Lipinski definition) is 7. The zero-order valence-electron chi connectivity index (χ0n) is 19.7. The van der Waals surface area contributed by atoms with Gasteiger partial charge in [0.25, 0.3) is 10.0 Å².